The molecule has 1 heterocycles. The Kier molecular flexibility index (Phi) is 4.91. The lowest BCUT2D eigenvalue weighted by Gasteiger charge is -2.23. The first kappa shape index (κ1) is 15.2. The molecular formula is C13H16F3NO2S. The number of amides is 1. The molecule has 1 aliphatic carbocycles. The fraction of sp³-hybridized carbons (Fsp3) is 0.615. The monoisotopic (exact) mass is 307 g/mol. The van der Waals surface area contributed by atoms with Gasteiger partial charge in [0.15, 0.2) is 6.61 Å². The predicted octanol–water partition coefficient (Wildman–Crippen LogP) is 4.27. The van der Waals surface area contributed by atoms with E-state index in [9.17, 15) is 18.0 Å². The number of hydrogen-bond acceptors (Lipinski definition) is 3. The van der Waals surface area contributed by atoms with E-state index in [4.69, 9.17) is 0 Å². The Balaban J connectivity index is 1.95. The van der Waals surface area contributed by atoms with Crippen LogP contribution in [0.15, 0.2) is 17.5 Å². The summed E-state index contributed by atoms with van der Waals surface area (Å²) in [4.78, 5) is 12.5. The van der Waals surface area contributed by atoms with Gasteiger partial charge in [-0.2, -0.15) is 13.2 Å². The van der Waals surface area contributed by atoms with E-state index in [0.29, 0.717) is 0 Å². The van der Waals surface area contributed by atoms with Gasteiger partial charge in [-0.05, 0) is 30.2 Å². The molecule has 1 aromatic rings. The van der Waals surface area contributed by atoms with Gasteiger partial charge in [0.2, 0.25) is 0 Å². The number of alkyl halides is 3. The van der Waals surface area contributed by atoms with Crippen molar-refractivity contribution in [3.05, 3.63) is 22.4 Å². The van der Waals surface area contributed by atoms with Crippen LogP contribution >= 0.6 is 11.3 Å². The summed E-state index contributed by atoms with van der Waals surface area (Å²) in [6, 6.07) is 3.50. The van der Waals surface area contributed by atoms with Gasteiger partial charge in [0.1, 0.15) is 0 Å². The number of rotatable bonds is 4. The average Bonchev–Trinajstić information content (AvgIpc) is 3.05. The van der Waals surface area contributed by atoms with Gasteiger partial charge in [0.25, 0.3) is 0 Å². The van der Waals surface area contributed by atoms with E-state index in [1.807, 2.05) is 17.5 Å². The first-order valence-electron chi connectivity index (χ1n) is 6.49. The molecule has 0 bridgehead atoms. The predicted molar refractivity (Wildman–Crippen MR) is 69.6 cm³/mol. The molecule has 0 aliphatic heterocycles. The molecule has 0 aromatic carbocycles. The van der Waals surface area contributed by atoms with E-state index < -0.39 is 18.9 Å². The maximum Gasteiger partial charge on any atom is 0.422 e. The Morgan fingerprint density at radius 3 is 2.70 bits per heavy atom. The van der Waals surface area contributed by atoms with E-state index in [0.717, 1.165) is 30.6 Å². The zero-order valence-electron chi connectivity index (χ0n) is 10.8. The van der Waals surface area contributed by atoms with Gasteiger partial charge in [0.05, 0.1) is 6.04 Å². The van der Waals surface area contributed by atoms with Gasteiger partial charge in [-0.3, -0.25) is 0 Å². The third-order valence-corrected chi connectivity index (χ3v) is 4.32. The summed E-state index contributed by atoms with van der Waals surface area (Å²) in [5, 5.41) is 4.47. The quantitative estimate of drug-likeness (QED) is 0.902. The van der Waals surface area contributed by atoms with Crippen molar-refractivity contribution in [1.82, 2.24) is 5.32 Å². The van der Waals surface area contributed by atoms with Crippen molar-refractivity contribution in [1.29, 1.82) is 0 Å². The fourth-order valence-electron chi connectivity index (χ4n) is 2.50. The third kappa shape index (κ3) is 4.40. The van der Waals surface area contributed by atoms with Crippen molar-refractivity contribution < 1.29 is 22.7 Å². The molecule has 20 heavy (non-hydrogen) atoms. The molecule has 1 amide bonds. The lowest BCUT2D eigenvalue weighted by atomic mass is 9.97. The van der Waals surface area contributed by atoms with Gasteiger partial charge in [-0.1, -0.05) is 18.9 Å². The summed E-state index contributed by atoms with van der Waals surface area (Å²) in [6.07, 6.45) is -1.38. The molecule has 1 atom stereocenters. The zero-order chi connectivity index (χ0) is 14.6. The number of halogens is 3. The topological polar surface area (TPSA) is 38.3 Å². The number of ether oxygens (including phenoxy) is 1. The summed E-state index contributed by atoms with van der Waals surface area (Å²) >= 11 is 1.49. The number of nitrogens with one attached hydrogen (secondary N) is 1. The molecule has 1 aromatic heterocycles. The van der Waals surface area contributed by atoms with Gasteiger partial charge >= 0.3 is 12.3 Å². The zero-order valence-corrected chi connectivity index (χ0v) is 11.6. The van der Waals surface area contributed by atoms with Gasteiger partial charge in [-0.25, -0.2) is 4.79 Å². The Bertz CT molecular complexity index is 427. The van der Waals surface area contributed by atoms with Crippen LogP contribution < -0.4 is 5.32 Å². The molecule has 1 fully saturated rings. The number of thiophene rings is 1. The molecule has 1 N–H and O–H groups in total. The summed E-state index contributed by atoms with van der Waals surface area (Å²) in [7, 11) is 0. The molecule has 1 unspecified atom stereocenters. The van der Waals surface area contributed by atoms with Crippen LogP contribution in [0.2, 0.25) is 0 Å². The number of carbonyl (C=O) groups excluding carboxylic acids is 1. The van der Waals surface area contributed by atoms with Gasteiger partial charge in [0, 0.05) is 4.88 Å². The highest BCUT2D eigenvalue weighted by Gasteiger charge is 2.32. The van der Waals surface area contributed by atoms with Crippen LogP contribution in [-0.2, 0) is 4.74 Å². The minimum atomic E-state index is -4.50. The summed E-state index contributed by atoms with van der Waals surface area (Å²) in [5.41, 5.74) is 0. The minimum Gasteiger partial charge on any atom is -0.440 e. The smallest absolute Gasteiger partial charge is 0.422 e. The fourth-order valence-corrected chi connectivity index (χ4v) is 3.37. The largest absolute Gasteiger partial charge is 0.440 e. The molecule has 2 rings (SSSR count). The SMILES string of the molecule is O=C(NC(c1cccs1)C1CCCC1)OCC(F)(F)F. The van der Waals surface area contributed by atoms with Gasteiger partial charge < -0.3 is 10.1 Å². The summed E-state index contributed by atoms with van der Waals surface area (Å²) < 4.78 is 40.3. The van der Waals surface area contributed by atoms with Crippen LogP contribution in [-0.4, -0.2) is 18.9 Å². The molecule has 0 saturated heterocycles. The molecular weight excluding hydrogens is 291 g/mol. The summed E-state index contributed by atoms with van der Waals surface area (Å²) in [6.45, 7) is -1.55. The van der Waals surface area contributed by atoms with E-state index >= 15 is 0 Å². The molecule has 0 spiro atoms. The lowest BCUT2D eigenvalue weighted by molar-refractivity contribution is -0.160. The summed E-state index contributed by atoms with van der Waals surface area (Å²) in [5.74, 6) is 0.270. The highest BCUT2D eigenvalue weighted by atomic mass is 32.1. The Hall–Kier alpha value is -1.24. The molecule has 112 valence electrons. The van der Waals surface area contributed by atoms with E-state index in [-0.39, 0.29) is 12.0 Å². The van der Waals surface area contributed by atoms with Crippen molar-refractivity contribution >= 4 is 17.4 Å². The average molecular weight is 307 g/mol. The van der Waals surface area contributed by atoms with Gasteiger partial charge in [-0.15, -0.1) is 11.3 Å². The first-order valence-corrected chi connectivity index (χ1v) is 7.37. The third-order valence-electron chi connectivity index (χ3n) is 3.36. The Morgan fingerprint density at radius 1 is 1.45 bits per heavy atom. The van der Waals surface area contributed by atoms with E-state index in [2.05, 4.69) is 10.1 Å². The molecule has 0 radical (unpaired) electrons. The second-order valence-corrected chi connectivity index (χ2v) is 5.85. The highest BCUT2D eigenvalue weighted by Crippen LogP contribution is 2.37. The molecule has 7 heteroatoms. The van der Waals surface area contributed by atoms with Crippen LogP contribution in [0.1, 0.15) is 36.6 Å². The maximum absolute atomic E-state index is 12.0. The highest BCUT2D eigenvalue weighted by molar-refractivity contribution is 7.10. The Morgan fingerprint density at radius 2 is 2.15 bits per heavy atom. The lowest BCUT2D eigenvalue weighted by Crippen LogP contribution is -2.34. The van der Waals surface area contributed by atoms with Crippen molar-refractivity contribution in [3.8, 4) is 0 Å². The molecule has 1 saturated carbocycles. The Labute approximate surface area is 119 Å². The first-order chi connectivity index (χ1) is 9.46. The van der Waals surface area contributed by atoms with Crippen molar-refractivity contribution in [3.63, 3.8) is 0 Å². The van der Waals surface area contributed by atoms with Crippen LogP contribution in [0, 0.1) is 5.92 Å². The second-order valence-electron chi connectivity index (χ2n) is 4.87. The van der Waals surface area contributed by atoms with E-state index in [1.165, 1.54) is 11.3 Å². The van der Waals surface area contributed by atoms with Crippen molar-refractivity contribution in [2.24, 2.45) is 5.92 Å². The second kappa shape index (κ2) is 6.47. The number of alkyl carbamates (subject to hydrolysis) is 1. The van der Waals surface area contributed by atoms with Crippen LogP contribution in [0.5, 0.6) is 0 Å². The normalized spacial score (nSPS) is 17.9. The number of carbonyl (C=O) groups is 1. The number of hydrogen-bond donors (Lipinski definition) is 1. The molecule has 1 aliphatic rings. The minimum absolute atomic E-state index is 0.252. The van der Waals surface area contributed by atoms with Crippen molar-refractivity contribution in [2.45, 2.75) is 37.9 Å². The maximum atomic E-state index is 12.0. The van der Waals surface area contributed by atoms with Crippen molar-refractivity contribution in [2.75, 3.05) is 6.61 Å². The van der Waals surface area contributed by atoms with Crippen LogP contribution in [0.4, 0.5) is 18.0 Å². The van der Waals surface area contributed by atoms with E-state index in [1.54, 1.807) is 0 Å². The standard InChI is InChI=1S/C13H16F3NO2S/c14-13(15,16)8-19-12(18)17-11(9-4-1-2-5-9)10-6-3-7-20-10/h3,6-7,9,11H,1-2,4-5,8H2,(H,17,18). The van der Waals surface area contributed by atoms with Crippen LogP contribution in [0.3, 0.4) is 0 Å². The van der Waals surface area contributed by atoms with Crippen LogP contribution in [0.25, 0.3) is 0 Å². The molecule has 3 nitrogen and oxygen atoms in total.